The van der Waals surface area contributed by atoms with E-state index < -0.39 is 18.1 Å². The SMILES string of the molecule is O=C(O)C[C@H]1COC[C@H]1F. The second-order valence-electron chi connectivity index (χ2n) is 2.41. The first-order valence-corrected chi connectivity index (χ1v) is 3.13. The Labute approximate surface area is 57.8 Å². The highest BCUT2D eigenvalue weighted by Crippen LogP contribution is 2.19. The van der Waals surface area contributed by atoms with Crippen LogP contribution in [0.1, 0.15) is 6.42 Å². The molecule has 1 aliphatic heterocycles. The van der Waals surface area contributed by atoms with Crippen molar-refractivity contribution in [3.05, 3.63) is 0 Å². The molecule has 1 aliphatic rings. The molecule has 10 heavy (non-hydrogen) atoms. The van der Waals surface area contributed by atoms with Crippen molar-refractivity contribution >= 4 is 5.97 Å². The molecule has 0 aliphatic carbocycles. The molecule has 1 fully saturated rings. The highest BCUT2D eigenvalue weighted by molar-refractivity contribution is 5.67. The summed E-state index contributed by atoms with van der Waals surface area (Å²) in [6.07, 6.45) is -1.21. The lowest BCUT2D eigenvalue weighted by Gasteiger charge is -2.04. The number of aliphatic carboxylic acids is 1. The van der Waals surface area contributed by atoms with Crippen LogP contribution in [0, 0.1) is 5.92 Å². The van der Waals surface area contributed by atoms with Crippen LogP contribution in [0.4, 0.5) is 4.39 Å². The molecule has 1 saturated heterocycles. The molecule has 0 aromatic carbocycles. The average molecular weight is 148 g/mol. The molecule has 0 amide bonds. The van der Waals surface area contributed by atoms with Gasteiger partial charge in [-0.25, -0.2) is 4.39 Å². The van der Waals surface area contributed by atoms with Crippen molar-refractivity contribution in [2.24, 2.45) is 5.92 Å². The van der Waals surface area contributed by atoms with Gasteiger partial charge in [0.05, 0.1) is 19.6 Å². The average Bonchev–Trinajstić information content (AvgIpc) is 2.15. The second-order valence-corrected chi connectivity index (χ2v) is 2.41. The van der Waals surface area contributed by atoms with E-state index in [1.54, 1.807) is 0 Å². The molecule has 0 spiro atoms. The number of carboxylic acid groups (broad SMARTS) is 1. The van der Waals surface area contributed by atoms with Crippen LogP contribution in [0.5, 0.6) is 0 Å². The molecule has 0 saturated carbocycles. The lowest BCUT2D eigenvalue weighted by Crippen LogP contribution is -2.16. The predicted octanol–water partition coefficient (Wildman–Crippen LogP) is 0.446. The Balaban J connectivity index is 2.33. The van der Waals surface area contributed by atoms with Gasteiger partial charge in [-0.05, 0) is 0 Å². The number of ether oxygens (including phenoxy) is 1. The quantitative estimate of drug-likeness (QED) is 0.618. The lowest BCUT2D eigenvalue weighted by atomic mass is 10.0. The van der Waals surface area contributed by atoms with Gasteiger partial charge in [0, 0.05) is 5.92 Å². The Morgan fingerprint density at radius 2 is 2.40 bits per heavy atom. The monoisotopic (exact) mass is 148 g/mol. The molecular formula is C6H9FO3. The van der Waals surface area contributed by atoms with E-state index in [1.807, 2.05) is 0 Å². The van der Waals surface area contributed by atoms with Crippen molar-refractivity contribution in [3.63, 3.8) is 0 Å². The molecule has 58 valence electrons. The van der Waals surface area contributed by atoms with Gasteiger partial charge in [0.15, 0.2) is 0 Å². The van der Waals surface area contributed by atoms with Gasteiger partial charge in [-0.15, -0.1) is 0 Å². The van der Waals surface area contributed by atoms with Gasteiger partial charge in [0.1, 0.15) is 6.17 Å². The molecule has 0 unspecified atom stereocenters. The maximum atomic E-state index is 12.6. The first kappa shape index (κ1) is 7.47. The standard InChI is InChI=1S/C6H9FO3/c7-5-3-10-2-4(5)1-6(8)9/h4-5H,1-3H2,(H,8,9)/t4-,5+/m0/s1. The minimum absolute atomic E-state index is 0.0535. The minimum atomic E-state index is -1.09. The molecule has 4 heteroatoms. The van der Waals surface area contributed by atoms with Crippen molar-refractivity contribution in [2.75, 3.05) is 13.2 Å². The van der Waals surface area contributed by atoms with Crippen LogP contribution < -0.4 is 0 Å². The summed E-state index contributed by atoms with van der Waals surface area (Å²) in [6, 6.07) is 0. The predicted molar refractivity (Wildman–Crippen MR) is 31.5 cm³/mol. The number of carbonyl (C=O) groups is 1. The van der Waals surface area contributed by atoms with E-state index in [1.165, 1.54) is 0 Å². The third-order valence-electron chi connectivity index (χ3n) is 1.56. The number of hydrogen-bond acceptors (Lipinski definition) is 2. The fraction of sp³-hybridized carbons (Fsp3) is 0.833. The molecule has 1 N–H and O–H groups in total. The maximum absolute atomic E-state index is 12.6. The Kier molecular flexibility index (Phi) is 2.21. The molecular weight excluding hydrogens is 139 g/mol. The van der Waals surface area contributed by atoms with Crippen molar-refractivity contribution in [3.8, 4) is 0 Å². The Morgan fingerprint density at radius 1 is 1.70 bits per heavy atom. The summed E-state index contributed by atoms with van der Waals surface area (Å²) >= 11 is 0. The van der Waals surface area contributed by atoms with E-state index in [0.29, 0.717) is 0 Å². The second kappa shape index (κ2) is 2.96. The van der Waals surface area contributed by atoms with Crippen molar-refractivity contribution in [1.29, 1.82) is 0 Å². The molecule has 0 bridgehead atoms. The van der Waals surface area contributed by atoms with Crippen LogP contribution in [-0.2, 0) is 9.53 Å². The lowest BCUT2D eigenvalue weighted by molar-refractivity contribution is -0.138. The van der Waals surface area contributed by atoms with Crippen LogP contribution in [0.3, 0.4) is 0 Å². The fourth-order valence-corrected chi connectivity index (χ4v) is 0.984. The Bertz CT molecular complexity index is 137. The number of alkyl halides is 1. The number of rotatable bonds is 2. The van der Waals surface area contributed by atoms with E-state index in [-0.39, 0.29) is 19.6 Å². The normalized spacial score (nSPS) is 32.5. The molecule has 0 aromatic rings. The molecule has 3 nitrogen and oxygen atoms in total. The summed E-state index contributed by atoms with van der Waals surface area (Å²) in [6.45, 7) is 0.297. The van der Waals surface area contributed by atoms with E-state index in [0.717, 1.165) is 0 Å². The summed E-state index contributed by atoms with van der Waals surface area (Å²) in [7, 11) is 0. The van der Waals surface area contributed by atoms with E-state index >= 15 is 0 Å². The van der Waals surface area contributed by atoms with Gasteiger partial charge >= 0.3 is 5.97 Å². The van der Waals surface area contributed by atoms with E-state index in [4.69, 9.17) is 9.84 Å². The largest absolute Gasteiger partial charge is 0.481 e. The third kappa shape index (κ3) is 1.67. The zero-order chi connectivity index (χ0) is 7.56. The number of halogens is 1. The Hall–Kier alpha value is -0.640. The summed E-state index contributed by atoms with van der Waals surface area (Å²) in [5, 5.41) is 8.27. The first-order chi connectivity index (χ1) is 4.70. The van der Waals surface area contributed by atoms with Crippen molar-refractivity contribution < 1.29 is 19.0 Å². The smallest absolute Gasteiger partial charge is 0.303 e. The van der Waals surface area contributed by atoms with Crippen LogP contribution in [-0.4, -0.2) is 30.5 Å². The van der Waals surface area contributed by atoms with Crippen LogP contribution in [0.15, 0.2) is 0 Å². The summed E-state index contributed by atoms with van der Waals surface area (Å²) < 4.78 is 17.3. The summed E-state index contributed by atoms with van der Waals surface area (Å²) in [5.74, 6) is -1.39. The zero-order valence-electron chi connectivity index (χ0n) is 5.42. The van der Waals surface area contributed by atoms with Gasteiger partial charge in [0.2, 0.25) is 0 Å². The molecule has 1 rings (SSSR count). The molecule has 0 radical (unpaired) electrons. The maximum Gasteiger partial charge on any atom is 0.303 e. The molecule has 1 heterocycles. The first-order valence-electron chi connectivity index (χ1n) is 3.13. The highest BCUT2D eigenvalue weighted by atomic mass is 19.1. The van der Waals surface area contributed by atoms with Gasteiger partial charge in [0.25, 0.3) is 0 Å². The number of hydrogen-bond donors (Lipinski definition) is 1. The van der Waals surface area contributed by atoms with E-state index in [9.17, 15) is 9.18 Å². The topological polar surface area (TPSA) is 46.5 Å². The van der Waals surface area contributed by atoms with E-state index in [2.05, 4.69) is 0 Å². The van der Waals surface area contributed by atoms with Crippen LogP contribution >= 0.6 is 0 Å². The minimum Gasteiger partial charge on any atom is -0.481 e. The fourth-order valence-electron chi connectivity index (χ4n) is 0.984. The third-order valence-corrected chi connectivity index (χ3v) is 1.56. The highest BCUT2D eigenvalue weighted by Gasteiger charge is 2.29. The number of carboxylic acids is 1. The van der Waals surface area contributed by atoms with Crippen molar-refractivity contribution in [2.45, 2.75) is 12.6 Å². The van der Waals surface area contributed by atoms with Gasteiger partial charge in [-0.1, -0.05) is 0 Å². The van der Waals surface area contributed by atoms with Crippen LogP contribution in [0.25, 0.3) is 0 Å². The van der Waals surface area contributed by atoms with Gasteiger partial charge in [-0.3, -0.25) is 4.79 Å². The molecule has 2 atom stereocenters. The van der Waals surface area contributed by atoms with Crippen LogP contribution in [0.2, 0.25) is 0 Å². The summed E-state index contributed by atoms with van der Waals surface area (Å²) in [4.78, 5) is 10.1. The zero-order valence-corrected chi connectivity index (χ0v) is 5.42. The van der Waals surface area contributed by atoms with Gasteiger partial charge in [-0.2, -0.15) is 0 Å². The molecule has 0 aromatic heterocycles. The Morgan fingerprint density at radius 3 is 2.80 bits per heavy atom. The van der Waals surface area contributed by atoms with Crippen molar-refractivity contribution in [1.82, 2.24) is 0 Å². The van der Waals surface area contributed by atoms with Gasteiger partial charge < -0.3 is 9.84 Å². The summed E-state index contributed by atoms with van der Waals surface area (Å²) in [5.41, 5.74) is 0.